The quantitative estimate of drug-likeness (QED) is 0.530. The molecule has 0 aliphatic heterocycles. The minimum absolute atomic E-state index is 0.0927. The maximum Gasteiger partial charge on any atom is 0.161 e. The van der Waals surface area contributed by atoms with Gasteiger partial charge < -0.3 is 0 Å². The normalized spacial score (nSPS) is 11.1. The number of hydrogen-bond donors (Lipinski definition) is 0. The van der Waals surface area contributed by atoms with E-state index in [0.29, 0.717) is 26.8 Å². The Bertz CT molecular complexity index is 845. The molecule has 2 nitrogen and oxygen atoms in total. The van der Waals surface area contributed by atoms with Crippen molar-refractivity contribution in [3.8, 4) is 11.4 Å². The lowest BCUT2D eigenvalue weighted by molar-refractivity contribution is 0.636. The van der Waals surface area contributed by atoms with Gasteiger partial charge >= 0.3 is 0 Å². The Balaban J connectivity index is 2.32. The van der Waals surface area contributed by atoms with E-state index in [0.717, 1.165) is 5.56 Å². The van der Waals surface area contributed by atoms with Gasteiger partial charge in [0.15, 0.2) is 5.82 Å². The summed E-state index contributed by atoms with van der Waals surface area (Å²) in [6.07, 6.45) is 0. The van der Waals surface area contributed by atoms with Crippen LogP contribution in [0.15, 0.2) is 30.3 Å². The van der Waals surface area contributed by atoms with Crippen molar-refractivity contribution in [2.24, 2.45) is 0 Å². The number of nitrogens with zero attached hydrogens (tertiary/aromatic N) is 2. The minimum Gasteiger partial charge on any atom is -0.225 e. The van der Waals surface area contributed by atoms with Gasteiger partial charge in [0.25, 0.3) is 0 Å². The van der Waals surface area contributed by atoms with Crippen molar-refractivity contribution in [2.75, 3.05) is 0 Å². The molecule has 21 heavy (non-hydrogen) atoms. The van der Waals surface area contributed by atoms with Crippen LogP contribution in [0.5, 0.6) is 0 Å². The number of benzene rings is 2. The lowest BCUT2D eigenvalue weighted by atomic mass is 10.1. The van der Waals surface area contributed by atoms with E-state index in [2.05, 4.69) is 9.97 Å². The molecule has 0 amide bonds. The summed E-state index contributed by atoms with van der Waals surface area (Å²) in [5.41, 5.74) is 1.71. The predicted molar refractivity (Wildman–Crippen MR) is 84.7 cm³/mol. The standard InChI is InChI=1S/C15H8Cl3FN2/c1-7-4-8(6-9(16)5-7)15-20-13-11(19)3-2-10(17)12(13)14(18)21-15/h2-6H,1H3. The van der Waals surface area contributed by atoms with Crippen LogP contribution in [-0.4, -0.2) is 9.97 Å². The molecule has 0 unspecified atom stereocenters. The summed E-state index contributed by atoms with van der Waals surface area (Å²) in [7, 11) is 0. The second-order valence-corrected chi connectivity index (χ2v) is 5.81. The molecule has 0 N–H and O–H groups in total. The molecule has 0 atom stereocenters. The zero-order valence-corrected chi connectivity index (χ0v) is 13.1. The van der Waals surface area contributed by atoms with Crippen molar-refractivity contribution in [1.82, 2.24) is 9.97 Å². The van der Waals surface area contributed by atoms with Crippen LogP contribution in [0, 0.1) is 12.7 Å². The van der Waals surface area contributed by atoms with E-state index in [1.165, 1.54) is 12.1 Å². The minimum atomic E-state index is -0.501. The molecule has 1 aromatic heterocycles. The van der Waals surface area contributed by atoms with Gasteiger partial charge in [-0.25, -0.2) is 14.4 Å². The van der Waals surface area contributed by atoms with Gasteiger partial charge in [-0.05, 0) is 42.8 Å². The van der Waals surface area contributed by atoms with E-state index in [-0.39, 0.29) is 10.7 Å². The molecule has 0 saturated heterocycles. The summed E-state index contributed by atoms with van der Waals surface area (Å²) >= 11 is 18.2. The molecule has 0 fully saturated rings. The lowest BCUT2D eigenvalue weighted by Gasteiger charge is -2.08. The summed E-state index contributed by atoms with van der Waals surface area (Å²) < 4.78 is 14.0. The van der Waals surface area contributed by atoms with Gasteiger partial charge in [0.05, 0.1) is 10.4 Å². The highest BCUT2D eigenvalue weighted by Gasteiger charge is 2.14. The first-order valence-corrected chi connectivity index (χ1v) is 7.18. The summed E-state index contributed by atoms with van der Waals surface area (Å²) in [5.74, 6) is -0.196. The maximum atomic E-state index is 14.0. The van der Waals surface area contributed by atoms with Crippen LogP contribution in [-0.2, 0) is 0 Å². The number of aryl methyl sites for hydroxylation is 1. The first kappa shape index (κ1) is 14.5. The molecule has 0 aliphatic carbocycles. The zero-order chi connectivity index (χ0) is 15.1. The highest BCUT2D eigenvalue weighted by atomic mass is 35.5. The first-order valence-electron chi connectivity index (χ1n) is 6.04. The fourth-order valence-electron chi connectivity index (χ4n) is 2.12. The highest BCUT2D eigenvalue weighted by molar-refractivity contribution is 6.41. The molecule has 3 aromatic rings. The first-order chi connectivity index (χ1) is 9.95. The van der Waals surface area contributed by atoms with Gasteiger partial charge in [-0.15, -0.1) is 0 Å². The Morgan fingerprint density at radius 1 is 1.00 bits per heavy atom. The van der Waals surface area contributed by atoms with Crippen LogP contribution in [0.4, 0.5) is 4.39 Å². The topological polar surface area (TPSA) is 25.8 Å². The van der Waals surface area contributed by atoms with Gasteiger partial charge in [-0.2, -0.15) is 0 Å². The van der Waals surface area contributed by atoms with Gasteiger partial charge in [-0.1, -0.05) is 34.8 Å². The van der Waals surface area contributed by atoms with Gasteiger partial charge in [0, 0.05) is 10.6 Å². The molecule has 2 aromatic carbocycles. The van der Waals surface area contributed by atoms with Crippen molar-refractivity contribution in [3.63, 3.8) is 0 Å². The predicted octanol–water partition coefficient (Wildman–Crippen LogP) is 5.70. The monoisotopic (exact) mass is 340 g/mol. The molecule has 3 rings (SSSR count). The van der Waals surface area contributed by atoms with E-state index >= 15 is 0 Å². The van der Waals surface area contributed by atoms with E-state index < -0.39 is 5.82 Å². The van der Waals surface area contributed by atoms with Gasteiger partial charge in [0.1, 0.15) is 16.5 Å². The second kappa shape index (κ2) is 5.41. The zero-order valence-electron chi connectivity index (χ0n) is 10.8. The van der Waals surface area contributed by atoms with Crippen molar-refractivity contribution in [3.05, 3.63) is 56.9 Å². The molecule has 0 bridgehead atoms. The van der Waals surface area contributed by atoms with Crippen molar-refractivity contribution < 1.29 is 4.39 Å². The summed E-state index contributed by atoms with van der Waals surface area (Å²) in [6, 6.07) is 8.05. The SMILES string of the molecule is Cc1cc(Cl)cc(-c2nc(Cl)c3c(Cl)ccc(F)c3n2)c1. The molecule has 106 valence electrons. The molecule has 0 spiro atoms. The molecule has 0 radical (unpaired) electrons. The van der Waals surface area contributed by atoms with Crippen LogP contribution < -0.4 is 0 Å². The molecular weight excluding hydrogens is 334 g/mol. The third kappa shape index (κ3) is 2.69. The number of fused-ring (bicyclic) bond motifs is 1. The number of halogens is 4. The Kier molecular flexibility index (Phi) is 3.74. The van der Waals surface area contributed by atoms with Crippen LogP contribution >= 0.6 is 34.8 Å². The molecule has 0 saturated carbocycles. The summed E-state index contributed by atoms with van der Waals surface area (Å²) in [4.78, 5) is 8.44. The molecule has 1 heterocycles. The average molecular weight is 342 g/mol. The largest absolute Gasteiger partial charge is 0.225 e. The maximum absolute atomic E-state index is 14.0. The van der Waals surface area contributed by atoms with Crippen LogP contribution in [0.3, 0.4) is 0 Å². The van der Waals surface area contributed by atoms with E-state index in [1.54, 1.807) is 6.07 Å². The van der Waals surface area contributed by atoms with Crippen LogP contribution in [0.25, 0.3) is 22.3 Å². The van der Waals surface area contributed by atoms with Crippen molar-refractivity contribution in [2.45, 2.75) is 6.92 Å². The summed E-state index contributed by atoms with van der Waals surface area (Å²) in [6.45, 7) is 1.90. The highest BCUT2D eigenvalue weighted by Crippen LogP contribution is 2.32. The van der Waals surface area contributed by atoms with Crippen LogP contribution in [0.1, 0.15) is 5.56 Å². The van der Waals surface area contributed by atoms with Crippen molar-refractivity contribution >= 4 is 45.7 Å². The summed E-state index contributed by atoms with van der Waals surface area (Å²) in [5, 5.41) is 1.28. The Morgan fingerprint density at radius 3 is 2.48 bits per heavy atom. The van der Waals surface area contributed by atoms with Crippen molar-refractivity contribution in [1.29, 1.82) is 0 Å². The fraction of sp³-hybridized carbons (Fsp3) is 0.0667. The Labute approximate surface area is 135 Å². The third-order valence-electron chi connectivity index (χ3n) is 3.01. The third-order valence-corrected chi connectivity index (χ3v) is 3.81. The lowest BCUT2D eigenvalue weighted by Crippen LogP contribution is -1.95. The number of rotatable bonds is 1. The van der Waals surface area contributed by atoms with Gasteiger partial charge in [0.2, 0.25) is 0 Å². The fourth-order valence-corrected chi connectivity index (χ4v) is 2.97. The average Bonchev–Trinajstić information content (AvgIpc) is 2.41. The molecule has 0 aliphatic rings. The van der Waals surface area contributed by atoms with Gasteiger partial charge in [-0.3, -0.25) is 0 Å². The van der Waals surface area contributed by atoms with Crippen LogP contribution in [0.2, 0.25) is 15.2 Å². The van der Waals surface area contributed by atoms with E-state index in [9.17, 15) is 4.39 Å². The number of hydrogen-bond acceptors (Lipinski definition) is 2. The number of aromatic nitrogens is 2. The Morgan fingerprint density at radius 2 is 1.76 bits per heavy atom. The molecular formula is C15H8Cl3FN2. The second-order valence-electron chi connectivity index (χ2n) is 4.61. The van der Waals surface area contributed by atoms with E-state index in [4.69, 9.17) is 34.8 Å². The molecule has 6 heteroatoms. The van der Waals surface area contributed by atoms with E-state index in [1.807, 2.05) is 19.1 Å². The Hall–Kier alpha value is -1.42. The smallest absolute Gasteiger partial charge is 0.161 e.